The maximum Gasteiger partial charge on any atom is 0.233 e. The van der Waals surface area contributed by atoms with Gasteiger partial charge in [-0.25, -0.2) is 4.68 Å². The topological polar surface area (TPSA) is 63.9 Å². The summed E-state index contributed by atoms with van der Waals surface area (Å²) in [6.45, 7) is 9.10. The molecule has 22 heavy (non-hydrogen) atoms. The molecule has 2 rings (SSSR count). The average molecular weight is 323 g/mol. The molecule has 1 saturated carbocycles. The van der Waals surface area contributed by atoms with Crippen molar-refractivity contribution in [2.75, 3.05) is 18.8 Å². The van der Waals surface area contributed by atoms with Crippen LogP contribution in [0.2, 0.25) is 0 Å². The van der Waals surface area contributed by atoms with Gasteiger partial charge in [0.1, 0.15) is 0 Å². The monoisotopic (exact) mass is 323 g/mol. The first kappa shape index (κ1) is 17.0. The lowest BCUT2D eigenvalue weighted by atomic mass is 9.96. The van der Waals surface area contributed by atoms with Gasteiger partial charge in [-0.15, -0.1) is 5.10 Å². The predicted octanol–water partition coefficient (Wildman–Crippen LogP) is 2.70. The Hall–Kier alpha value is -1.37. The lowest BCUT2D eigenvalue weighted by molar-refractivity contribution is -0.127. The van der Waals surface area contributed by atoms with Crippen molar-refractivity contribution in [2.24, 2.45) is 0 Å². The summed E-state index contributed by atoms with van der Waals surface area (Å²) in [5.74, 6) is 0.475. The Morgan fingerprint density at radius 3 is 2.77 bits per heavy atom. The third kappa shape index (κ3) is 4.56. The van der Waals surface area contributed by atoms with E-state index in [1.54, 1.807) is 0 Å². The van der Waals surface area contributed by atoms with Crippen LogP contribution in [0.5, 0.6) is 0 Å². The molecular formula is C15H25N5OS. The number of hydrogen-bond donors (Lipinski definition) is 0. The second-order valence-electron chi connectivity index (χ2n) is 5.85. The fraction of sp³-hybridized carbons (Fsp3) is 0.733. The molecular weight excluding hydrogens is 298 g/mol. The van der Waals surface area contributed by atoms with E-state index < -0.39 is 0 Å². The maximum absolute atomic E-state index is 12.3. The van der Waals surface area contributed by atoms with Crippen molar-refractivity contribution < 1.29 is 4.79 Å². The molecule has 0 saturated heterocycles. The number of carbonyl (C=O) groups is 1. The summed E-state index contributed by atoms with van der Waals surface area (Å²) in [6, 6.07) is 0.388. The van der Waals surface area contributed by atoms with Gasteiger partial charge in [0.25, 0.3) is 0 Å². The van der Waals surface area contributed by atoms with Gasteiger partial charge in [-0.3, -0.25) is 4.79 Å². The van der Waals surface area contributed by atoms with E-state index >= 15 is 0 Å². The molecule has 122 valence electrons. The van der Waals surface area contributed by atoms with Crippen LogP contribution in [0.4, 0.5) is 0 Å². The van der Waals surface area contributed by atoms with E-state index in [9.17, 15) is 4.79 Å². The highest BCUT2D eigenvalue weighted by Crippen LogP contribution is 2.30. The second-order valence-corrected chi connectivity index (χ2v) is 6.79. The van der Waals surface area contributed by atoms with E-state index in [1.807, 2.05) is 23.4 Å². The van der Waals surface area contributed by atoms with Crippen molar-refractivity contribution in [3.8, 4) is 0 Å². The molecule has 1 aliphatic carbocycles. The van der Waals surface area contributed by atoms with Crippen molar-refractivity contribution in [3.63, 3.8) is 0 Å². The highest BCUT2D eigenvalue weighted by molar-refractivity contribution is 7.99. The van der Waals surface area contributed by atoms with Crippen LogP contribution in [-0.2, 0) is 4.79 Å². The number of nitrogens with zero attached hydrogens (tertiary/aromatic N) is 5. The molecule has 0 aromatic carbocycles. The van der Waals surface area contributed by atoms with E-state index in [1.165, 1.54) is 31.0 Å². The van der Waals surface area contributed by atoms with Crippen LogP contribution in [0.3, 0.4) is 0 Å². The number of thioether (sulfide) groups is 1. The van der Waals surface area contributed by atoms with Gasteiger partial charge in [0.05, 0.1) is 11.8 Å². The number of tetrazole rings is 1. The average Bonchev–Trinajstić information content (AvgIpc) is 2.99. The molecule has 1 aliphatic rings. The van der Waals surface area contributed by atoms with E-state index in [4.69, 9.17) is 0 Å². The summed E-state index contributed by atoms with van der Waals surface area (Å²) in [5, 5.41) is 12.8. The maximum atomic E-state index is 12.3. The van der Waals surface area contributed by atoms with Gasteiger partial charge in [-0.2, -0.15) is 0 Å². The summed E-state index contributed by atoms with van der Waals surface area (Å²) in [7, 11) is 0. The van der Waals surface area contributed by atoms with Crippen LogP contribution in [0.15, 0.2) is 17.3 Å². The Morgan fingerprint density at radius 2 is 2.14 bits per heavy atom. The van der Waals surface area contributed by atoms with Gasteiger partial charge in [0, 0.05) is 13.1 Å². The third-order valence-corrected chi connectivity index (χ3v) is 4.82. The first-order chi connectivity index (χ1) is 10.6. The van der Waals surface area contributed by atoms with Crippen LogP contribution in [-0.4, -0.2) is 49.9 Å². The first-order valence-electron chi connectivity index (χ1n) is 7.94. The zero-order valence-electron chi connectivity index (χ0n) is 13.5. The van der Waals surface area contributed by atoms with Crippen LogP contribution in [0.1, 0.15) is 52.0 Å². The SMILES string of the molecule is C=C(C)CN(CC)C(=O)CSc1nnnn1C1CCCCC1. The van der Waals surface area contributed by atoms with Crippen molar-refractivity contribution in [3.05, 3.63) is 12.2 Å². The second kappa shape index (κ2) is 8.31. The van der Waals surface area contributed by atoms with E-state index in [2.05, 4.69) is 22.1 Å². The van der Waals surface area contributed by atoms with Crippen LogP contribution >= 0.6 is 11.8 Å². The Labute approximate surface area is 136 Å². The van der Waals surface area contributed by atoms with Crippen molar-refractivity contribution in [2.45, 2.75) is 57.1 Å². The number of rotatable bonds is 7. The highest BCUT2D eigenvalue weighted by atomic mass is 32.2. The smallest absolute Gasteiger partial charge is 0.233 e. The predicted molar refractivity (Wildman–Crippen MR) is 87.7 cm³/mol. The van der Waals surface area contributed by atoms with Crippen molar-refractivity contribution >= 4 is 17.7 Å². The number of carbonyl (C=O) groups excluding carboxylic acids is 1. The third-order valence-electron chi connectivity index (χ3n) is 3.90. The van der Waals surface area contributed by atoms with Gasteiger partial charge in [-0.05, 0) is 37.1 Å². The molecule has 1 fully saturated rings. The molecule has 0 atom stereocenters. The minimum absolute atomic E-state index is 0.105. The van der Waals surface area contributed by atoms with Gasteiger partial charge in [0.15, 0.2) is 0 Å². The lowest BCUT2D eigenvalue weighted by Gasteiger charge is -2.23. The van der Waals surface area contributed by atoms with Crippen LogP contribution in [0, 0.1) is 0 Å². The molecule has 7 heteroatoms. The molecule has 1 aromatic heterocycles. The van der Waals surface area contributed by atoms with Crippen molar-refractivity contribution in [1.29, 1.82) is 0 Å². The highest BCUT2D eigenvalue weighted by Gasteiger charge is 2.21. The molecule has 0 radical (unpaired) electrons. The number of aromatic nitrogens is 4. The quantitative estimate of drug-likeness (QED) is 0.570. The van der Waals surface area contributed by atoms with Crippen LogP contribution < -0.4 is 0 Å². The molecule has 0 N–H and O–H groups in total. The fourth-order valence-corrected chi connectivity index (χ4v) is 3.60. The molecule has 1 amide bonds. The minimum atomic E-state index is 0.105. The van der Waals surface area contributed by atoms with Crippen LogP contribution in [0.25, 0.3) is 0 Å². The summed E-state index contributed by atoms with van der Waals surface area (Å²) in [4.78, 5) is 14.1. The van der Waals surface area contributed by atoms with E-state index in [0.717, 1.165) is 23.6 Å². The largest absolute Gasteiger partial charge is 0.338 e. The van der Waals surface area contributed by atoms with Gasteiger partial charge >= 0.3 is 0 Å². The molecule has 1 aromatic rings. The zero-order chi connectivity index (χ0) is 15.9. The molecule has 0 unspecified atom stereocenters. The normalized spacial score (nSPS) is 15.7. The summed E-state index contributed by atoms with van der Waals surface area (Å²) >= 11 is 1.43. The molecule has 0 aliphatic heterocycles. The Bertz CT molecular complexity index is 510. The first-order valence-corrected chi connectivity index (χ1v) is 8.93. The zero-order valence-corrected chi connectivity index (χ0v) is 14.3. The van der Waals surface area contributed by atoms with Gasteiger partial charge in [-0.1, -0.05) is 43.2 Å². The van der Waals surface area contributed by atoms with Gasteiger partial charge in [0.2, 0.25) is 11.1 Å². The summed E-state index contributed by atoms with van der Waals surface area (Å²) in [5.41, 5.74) is 0.993. The molecule has 6 nitrogen and oxygen atoms in total. The number of amides is 1. The fourth-order valence-electron chi connectivity index (χ4n) is 2.75. The Morgan fingerprint density at radius 1 is 1.41 bits per heavy atom. The Kier molecular flexibility index (Phi) is 6.42. The Balaban J connectivity index is 1.92. The minimum Gasteiger partial charge on any atom is -0.338 e. The summed E-state index contributed by atoms with van der Waals surface area (Å²) < 4.78 is 1.91. The molecule has 1 heterocycles. The number of hydrogen-bond acceptors (Lipinski definition) is 5. The van der Waals surface area contributed by atoms with Gasteiger partial charge < -0.3 is 4.90 Å². The standard InChI is InChI=1S/C15H25N5OS/c1-4-19(10-12(2)3)14(21)11-22-15-16-17-18-20(15)13-8-6-5-7-9-13/h13H,2,4-11H2,1,3H3. The molecule has 0 bridgehead atoms. The lowest BCUT2D eigenvalue weighted by Crippen LogP contribution is -2.33. The molecule has 0 spiro atoms. The summed E-state index contributed by atoms with van der Waals surface area (Å²) in [6.07, 6.45) is 6.02. The van der Waals surface area contributed by atoms with E-state index in [-0.39, 0.29) is 5.91 Å². The van der Waals surface area contributed by atoms with E-state index in [0.29, 0.717) is 24.9 Å². The van der Waals surface area contributed by atoms with Crippen molar-refractivity contribution in [1.82, 2.24) is 25.1 Å². The number of likely N-dealkylation sites (N-methyl/N-ethyl adjacent to an activating group) is 1.